The first-order chi connectivity index (χ1) is 9.13. The number of carbonyl (C=O) groups excluding carboxylic acids is 1. The first-order valence-corrected chi connectivity index (χ1v) is 7.13. The monoisotopic (exact) mass is 263 g/mol. The highest BCUT2D eigenvalue weighted by Gasteiger charge is 2.13. The fourth-order valence-electron chi connectivity index (χ4n) is 2.05. The fraction of sp³-hybridized carbons (Fsp3) is 0.562. The van der Waals surface area contributed by atoms with E-state index in [2.05, 4.69) is 19.9 Å². The molecule has 0 N–H and O–H groups in total. The van der Waals surface area contributed by atoms with E-state index >= 15 is 0 Å². The molecule has 1 aromatic carbocycles. The number of nitrogens with zero attached hydrogens (tertiary/aromatic N) is 1. The first kappa shape index (κ1) is 15.5. The summed E-state index contributed by atoms with van der Waals surface area (Å²) in [5.41, 5.74) is 1.18. The van der Waals surface area contributed by atoms with Crippen LogP contribution < -0.4 is 4.74 Å². The van der Waals surface area contributed by atoms with E-state index in [4.69, 9.17) is 4.74 Å². The van der Waals surface area contributed by atoms with Gasteiger partial charge in [-0.25, -0.2) is 0 Å². The van der Waals surface area contributed by atoms with Gasteiger partial charge in [0.15, 0.2) is 6.61 Å². The molecule has 0 bridgehead atoms. The second kappa shape index (κ2) is 7.82. The second-order valence-electron chi connectivity index (χ2n) is 4.70. The van der Waals surface area contributed by atoms with E-state index in [1.165, 1.54) is 5.56 Å². The number of benzene rings is 1. The van der Waals surface area contributed by atoms with Crippen LogP contribution in [0.15, 0.2) is 24.3 Å². The van der Waals surface area contributed by atoms with Gasteiger partial charge in [0.1, 0.15) is 5.75 Å². The van der Waals surface area contributed by atoms with Gasteiger partial charge in [-0.1, -0.05) is 32.0 Å². The predicted molar refractivity (Wildman–Crippen MR) is 78.6 cm³/mol. The number of para-hydroxylation sites is 1. The van der Waals surface area contributed by atoms with Gasteiger partial charge < -0.3 is 9.64 Å². The van der Waals surface area contributed by atoms with Gasteiger partial charge in [-0.05, 0) is 37.8 Å². The maximum Gasteiger partial charge on any atom is 0.260 e. The molecule has 0 fully saturated rings. The van der Waals surface area contributed by atoms with Gasteiger partial charge in [-0.15, -0.1) is 0 Å². The molecule has 0 radical (unpaired) electrons. The molecular formula is C16H25NO2. The largest absolute Gasteiger partial charge is 0.483 e. The number of hydrogen-bond acceptors (Lipinski definition) is 2. The second-order valence-corrected chi connectivity index (χ2v) is 4.70. The zero-order chi connectivity index (χ0) is 14.3. The Morgan fingerprint density at radius 3 is 2.42 bits per heavy atom. The Bertz CT molecular complexity index is 399. The lowest BCUT2D eigenvalue weighted by molar-refractivity contribution is -0.132. The fourth-order valence-corrected chi connectivity index (χ4v) is 2.05. The smallest absolute Gasteiger partial charge is 0.260 e. The van der Waals surface area contributed by atoms with E-state index in [9.17, 15) is 4.79 Å². The highest BCUT2D eigenvalue weighted by molar-refractivity contribution is 5.77. The zero-order valence-electron chi connectivity index (χ0n) is 12.5. The van der Waals surface area contributed by atoms with Crippen LogP contribution >= 0.6 is 0 Å². The van der Waals surface area contributed by atoms with Crippen molar-refractivity contribution < 1.29 is 9.53 Å². The molecule has 19 heavy (non-hydrogen) atoms. The molecule has 1 unspecified atom stereocenters. The number of rotatable bonds is 7. The summed E-state index contributed by atoms with van der Waals surface area (Å²) >= 11 is 0. The Hall–Kier alpha value is -1.51. The Balaban J connectivity index is 2.70. The molecule has 1 amide bonds. The van der Waals surface area contributed by atoms with E-state index < -0.39 is 0 Å². The van der Waals surface area contributed by atoms with Crippen molar-refractivity contribution in [2.75, 3.05) is 19.7 Å². The molecule has 106 valence electrons. The Labute approximate surface area is 116 Å². The van der Waals surface area contributed by atoms with E-state index in [1.54, 1.807) is 4.90 Å². The minimum Gasteiger partial charge on any atom is -0.483 e. The molecule has 1 atom stereocenters. The van der Waals surface area contributed by atoms with Crippen molar-refractivity contribution >= 4 is 5.91 Å². The van der Waals surface area contributed by atoms with Crippen molar-refractivity contribution in [2.45, 2.75) is 40.0 Å². The average Bonchev–Trinajstić information content (AvgIpc) is 2.45. The minimum absolute atomic E-state index is 0.0453. The number of ether oxygens (including phenoxy) is 1. The summed E-state index contributed by atoms with van der Waals surface area (Å²) in [7, 11) is 0. The molecule has 3 heteroatoms. The van der Waals surface area contributed by atoms with Gasteiger partial charge >= 0.3 is 0 Å². The summed E-state index contributed by atoms with van der Waals surface area (Å²) < 4.78 is 5.72. The third-order valence-corrected chi connectivity index (χ3v) is 3.53. The summed E-state index contributed by atoms with van der Waals surface area (Å²) in [4.78, 5) is 13.7. The predicted octanol–water partition coefficient (Wildman–Crippen LogP) is 3.45. The molecule has 0 heterocycles. The van der Waals surface area contributed by atoms with E-state index in [0.717, 1.165) is 25.3 Å². The number of amides is 1. The molecule has 0 saturated heterocycles. The SMILES string of the molecule is CCC(C)c1ccccc1OCC(=O)N(CC)CC. The van der Waals surface area contributed by atoms with Crippen molar-refractivity contribution in [3.8, 4) is 5.75 Å². The van der Waals surface area contributed by atoms with E-state index in [0.29, 0.717) is 5.92 Å². The van der Waals surface area contributed by atoms with Crippen LogP contribution in [0.1, 0.15) is 45.6 Å². The van der Waals surface area contributed by atoms with Gasteiger partial charge in [0.05, 0.1) is 0 Å². The van der Waals surface area contributed by atoms with E-state index in [1.807, 2.05) is 32.0 Å². The topological polar surface area (TPSA) is 29.5 Å². The highest BCUT2D eigenvalue weighted by Crippen LogP contribution is 2.28. The van der Waals surface area contributed by atoms with Crippen LogP contribution in [0.3, 0.4) is 0 Å². The summed E-state index contributed by atoms with van der Waals surface area (Å²) in [6.07, 6.45) is 1.06. The molecule has 0 aromatic heterocycles. The van der Waals surface area contributed by atoms with Gasteiger partial charge in [0.25, 0.3) is 5.91 Å². The van der Waals surface area contributed by atoms with Crippen LogP contribution in [0.5, 0.6) is 5.75 Å². The Morgan fingerprint density at radius 2 is 1.84 bits per heavy atom. The first-order valence-electron chi connectivity index (χ1n) is 7.13. The lowest BCUT2D eigenvalue weighted by Crippen LogP contribution is -2.34. The maximum atomic E-state index is 11.9. The molecule has 0 aliphatic rings. The summed E-state index contributed by atoms with van der Waals surface area (Å²) in [6.45, 7) is 9.87. The number of likely N-dealkylation sites (N-methyl/N-ethyl adjacent to an activating group) is 1. The number of carbonyl (C=O) groups is 1. The van der Waals surface area contributed by atoms with Gasteiger partial charge in [-0.3, -0.25) is 4.79 Å². The molecular weight excluding hydrogens is 238 g/mol. The summed E-state index contributed by atoms with van der Waals surface area (Å²) in [5, 5.41) is 0. The molecule has 0 aliphatic heterocycles. The summed E-state index contributed by atoms with van der Waals surface area (Å²) in [5.74, 6) is 1.32. The summed E-state index contributed by atoms with van der Waals surface area (Å²) in [6, 6.07) is 7.98. The molecule has 3 nitrogen and oxygen atoms in total. The van der Waals surface area contributed by atoms with Gasteiger partial charge in [0.2, 0.25) is 0 Å². The molecule has 0 spiro atoms. The molecule has 1 rings (SSSR count). The molecule has 0 saturated carbocycles. The molecule has 0 aliphatic carbocycles. The van der Waals surface area contributed by atoms with Crippen molar-refractivity contribution in [1.29, 1.82) is 0 Å². The Morgan fingerprint density at radius 1 is 1.21 bits per heavy atom. The zero-order valence-corrected chi connectivity index (χ0v) is 12.5. The number of hydrogen-bond donors (Lipinski definition) is 0. The minimum atomic E-state index is 0.0453. The maximum absolute atomic E-state index is 11.9. The van der Waals surface area contributed by atoms with Crippen molar-refractivity contribution in [3.05, 3.63) is 29.8 Å². The molecule has 1 aromatic rings. The lowest BCUT2D eigenvalue weighted by atomic mass is 9.98. The van der Waals surface area contributed by atoms with Gasteiger partial charge in [-0.2, -0.15) is 0 Å². The van der Waals surface area contributed by atoms with E-state index in [-0.39, 0.29) is 12.5 Å². The van der Waals surface area contributed by atoms with Crippen molar-refractivity contribution in [2.24, 2.45) is 0 Å². The van der Waals surface area contributed by atoms with Crippen LogP contribution in [-0.4, -0.2) is 30.5 Å². The van der Waals surface area contributed by atoms with Crippen LogP contribution in [0.25, 0.3) is 0 Å². The normalized spacial score (nSPS) is 12.0. The highest BCUT2D eigenvalue weighted by atomic mass is 16.5. The standard InChI is InChI=1S/C16H25NO2/c1-5-13(4)14-10-8-9-11-15(14)19-12-16(18)17(6-2)7-3/h8-11,13H,5-7,12H2,1-4H3. The van der Waals surface area contributed by atoms with Crippen LogP contribution in [0.4, 0.5) is 0 Å². The average molecular weight is 263 g/mol. The van der Waals surface area contributed by atoms with Gasteiger partial charge in [0, 0.05) is 13.1 Å². The third kappa shape index (κ3) is 4.27. The third-order valence-electron chi connectivity index (χ3n) is 3.53. The van der Waals surface area contributed by atoms with Crippen molar-refractivity contribution in [3.63, 3.8) is 0 Å². The van der Waals surface area contributed by atoms with Crippen molar-refractivity contribution in [1.82, 2.24) is 4.90 Å². The lowest BCUT2D eigenvalue weighted by Gasteiger charge is -2.20. The van der Waals surface area contributed by atoms with Crippen LogP contribution in [0, 0.1) is 0 Å². The Kier molecular flexibility index (Phi) is 6.40. The van der Waals surface area contributed by atoms with Crippen LogP contribution in [-0.2, 0) is 4.79 Å². The quantitative estimate of drug-likeness (QED) is 0.754. The van der Waals surface area contributed by atoms with Crippen LogP contribution in [0.2, 0.25) is 0 Å².